The Bertz CT molecular complexity index is 742. The Labute approximate surface area is 172 Å². The number of carboxylic acid groups (broad SMARTS) is 1. The fraction of sp³-hybridized carbons (Fsp3) is 0.300. The fourth-order valence-corrected chi connectivity index (χ4v) is 4.04. The molecule has 0 aliphatic carbocycles. The van der Waals surface area contributed by atoms with Crippen LogP contribution in [0, 0.1) is 0 Å². The molecule has 0 fully saturated rings. The third kappa shape index (κ3) is 8.58. The van der Waals surface area contributed by atoms with Gasteiger partial charge in [-0.25, -0.2) is 0 Å². The molecule has 8 heteroatoms. The zero-order valence-electron chi connectivity index (χ0n) is 15.3. The number of hydrogen-bond acceptors (Lipinski definition) is 6. The topological polar surface area (TPSA) is 84.9 Å². The number of carboxylic acids is 1. The zero-order valence-corrected chi connectivity index (χ0v) is 17.0. The van der Waals surface area contributed by atoms with Crippen molar-refractivity contribution in [1.82, 2.24) is 5.32 Å². The summed E-state index contributed by atoms with van der Waals surface area (Å²) in [5, 5.41) is 11.4. The molecule has 0 heterocycles. The maximum Gasteiger partial charge on any atom is 0.304 e. The number of carbonyl (C=O) groups is 2. The van der Waals surface area contributed by atoms with Gasteiger partial charge in [-0.2, -0.15) is 0 Å². The normalized spacial score (nSPS) is 10.3. The van der Waals surface area contributed by atoms with E-state index in [0.717, 1.165) is 5.75 Å². The van der Waals surface area contributed by atoms with Crippen molar-refractivity contribution >= 4 is 33.5 Å². The second kappa shape index (κ2) is 13.0. The van der Waals surface area contributed by atoms with Crippen molar-refractivity contribution in [2.75, 3.05) is 31.3 Å². The molecule has 0 saturated heterocycles. The average Bonchev–Trinajstić information content (AvgIpc) is 2.71. The molecule has 0 aliphatic rings. The lowest BCUT2D eigenvalue weighted by molar-refractivity contribution is -0.136. The summed E-state index contributed by atoms with van der Waals surface area (Å²) in [7, 11) is 3.03. The van der Waals surface area contributed by atoms with Crippen molar-refractivity contribution in [1.29, 1.82) is 0 Å². The first kappa shape index (κ1) is 22.0. The fourth-order valence-electron chi connectivity index (χ4n) is 2.16. The molecule has 0 atom stereocenters. The minimum atomic E-state index is -0.799. The Morgan fingerprint density at radius 2 is 1.57 bits per heavy atom. The number of amides is 1. The molecule has 150 valence electrons. The van der Waals surface area contributed by atoms with E-state index in [9.17, 15) is 9.59 Å². The molecule has 2 rings (SSSR count). The van der Waals surface area contributed by atoms with E-state index in [1.54, 1.807) is 29.0 Å². The highest BCUT2D eigenvalue weighted by molar-refractivity contribution is 8.76. The summed E-state index contributed by atoms with van der Waals surface area (Å²) in [5.41, 5.74) is 0.478. The standard InChI is InChI=1S/C20H23NO5S2/c22-19(23)10-14-27-28-15-11-21-20(24)17-8-4-5-9-18(17)26-13-12-25-16-6-2-1-3-7-16/h1-9H,10-15H2,(H,21,24)(H,22,23). The van der Waals surface area contributed by atoms with Crippen molar-refractivity contribution in [3.05, 3.63) is 60.2 Å². The summed E-state index contributed by atoms with van der Waals surface area (Å²) in [4.78, 5) is 22.8. The van der Waals surface area contributed by atoms with Gasteiger partial charge < -0.3 is 19.9 Å². The summed E-state index contributed by atoms with van der Waals surface area (Å²) in [5.74, 6) is 1.54. The first-order valence-electron chi connectivity index (χ1n) is 8.81. The summed E-state index contributed by atoms with van der Waals surface area (Å²) < 4.78 is 11.3. The number of nitrogens with one attached hydrogen (secondary N) is 1. The van der Waals surface area contributed by atoms with Crippen LogP contribution < -0.4 is 14.8 Å². The number of rotatable bonds is 13. The lowest BCUT2D eigenvalue weighted by atomic mass is 10.2. The van der Waals surface area contributed by atoms with E-state index >= 15 is 0 Å². The minimum Gasteiger partial charge on any atom is -0.490 e. The molecule has 0 saturated carbocycles. The summed E-state index contributed by atoms with van der Waals surface area (Å²) in [6.07, 6.45) is 0.142. The maximum atomic E-state index is 12.4. The third-order valence-corrected chi connectivity index (χ3v) is 5.85. The van der Waals surface area contributed by atoms with Gasteiger partial charge in [-0.05, 0) is 24.3 Å². The van der Waals surface area contributed by atoms with E-state index < -0.39 is 5.97 Å². The van der Waals surface area contributed by atoms with E-state index in [2.05, 4.69) is 5.32 Å². The van der Waals surface area contributed by atoms with Crippen LogP contribution in [0.1, 0.15) is 16.8 Å². The van der Waals surface area contributed by atoms with E-state index in [1.165, 1.54) is 10.8 Å². The molecule has 6 nitrogen and oxygen atoms in total. The van der Waals surface area contributed by atoms with Crippen molar-refractivity contribution < 1.29 is 24.2 Å². The van der Waals surface area contributed by atoms with Gasteiger partial charge in [0.2, 0.25) is 0 Å². The highest BCUT2D eigenvalue weighted by Crippen LogP contribution is 2.21. The van der Waals surface area contributed by atoms with Gasteiger partial charge in [0, 0.05) is 18.1 Å². The summed E-state index contributed by atoms with van der Waals surface area (Å²) in [6.45, 7) is 1.20. The number of aliphatic carboxylic acids is 1. The molecular weight excluding hydrogens is 398 g/mol. The Morgan fingerprint density at radius 3 is 2.36 bits per heavy atom. The Hall–Kier alpha value is -2.32. The monoisotopic (exact) mass is 421 g/mol. The molecule has 2 aromatic rings. The Morgan fingerprint density at radius 1 is 0.893 bits per heavy atom. The van der Waals surface area contributed by atoms with Gasteiger partial charge in [-0.3, -0.25) is 9.59 Å². The van der Waals surface area contributed by atoms with E-state index in [0.29, 0.717) is 42.6 Å². The van der Waals surface area contributed by atoms with E-state index in [1.807, 2.05) is 36.4 Å². The predicted molar refractivity (Wildman–Crippen MR) is 113 cm³/mol. The molecule has 2 N–H and O–H groups in total. The number of para-hydroxylation sites is 2. The molecule has 0 spiro atoms. The summed E-state index contributed by atoms with van der Waals surface area (Å²) in [6, 6.07) is 16.6. The molecule has 0 bridgehead atoms. The number of ether oxygens (including phenoxy) is 2. The second-order valence-electron chi connectivity index (χ2n) is 5.55. The second-order valence-corrected chi connectivity index (χ2v) is 8.25. The van der Waals surface area contributed by atoms with E-state index in [-0.39, 0.29) is 12.3 Å². The highest BCUT2D eigenvalue weighted by Gasteiger charge is 2.11. The van der Waals surface area contributed by atoms with Crippen LogP contribution in [0.5, 0.6) is 11.5 Å². The lowest BCUT2D eigenvalue weighted by Gasteiger charge is -2.12. The van der Waals surface area contributed by atoms with Crippen LogP contribution in [0.2, 0.25) is 0 Å². The van der Waals surface area contributed by atoms with Gasteiger partial charge >= 0.3 is 5.97 Å². The molecule has 28 heavy (non-hydrogen) atoms. The van der Waals surface area contributed by atoms with Crippen molar-refractivity contribution in [3.63, 3.8) is 0 Å². The Kier molecular flexibility index (Phi) is 10.2. The molecule has 0 unspecified atom stereocenters. The number of benzene rings is 2. The van der Waals surface area contributed by atoms with Gasteiger partial charge in [-0.15, -0.1) is 0 Å². The predicted octanol–water partition coefficient (Wildman–Crippen LogP) is 3.73. The van der Waals surface area contributed by atoms with E-state index in [4.69, 9.17) is 14.6 Å². The van der Waals surface area contributed by atoms with Gasteiger partial charge in [0.1, 0.15) is 24.7 Å². The van der Waals surface area contributed by atoms with Crippen molar-refractivity contribution in [2.45, 2.75) is 6.42 Å². The largest absolute Gasteiger partial charge is 0.490 e. The van der Waals surface area contributed by atoms with Crippen LogP contribution in [0.25, 0.3) is 0 Å². The number of carbonyl (C=O) groups excluding carboxylic acids is 1. The smallest absolute Gasteiger partial charge is 0.304 e. The quantitative estimate of drug-likeness (QED) is 0.376. The molecule has 1 amide bonds. The highest BCUT2D eigenvalue weighted by atomic mass is 33.1. The van der Waals surface area contributed by atoms with Crippen molar-refractivity contribution in [2.24, 2.45) is 0 Å². The van der Waals surface area contributed by atoms with Gasteiger partial charge in [0.05, 0.1) is 12.0 Å². The third-order valence-electron chi connectivity index (χ3n) is 3.44. The van der Waals surface area contributed by atoms with Crippen LogP contribution >= 0.6 is 21.6 Å². The SMILES string of the molecule is O=C(O)CCSSCCNC(=O)c1ccccc1OCCOc1ccccc1. The van der Waals surface area contributed by atoms with Crippen LogP contribution in [0.15, 0.2) is 54.6 Å². The first-order valence-corrected chi connectivity index (χ1v) is 11.3. The minimum absolute atomic E-state index is 0.142. The molecule has 0 aromatic heterocycles. The maximum absolute atomic E-state index is 12.4. The van der Waals surface area contributed by atoms with Crippen LogP contribution in [0.4, 0.5) is 0 Å². The van der Waals surface area contributed by atoms with Crippen molar-refractivity contribution in [3.8, 4) is 11.5 Å². The number of hydrogen-bond donors (Lipinski definition) is 2. The Balaban J connectivity index is 1.69. The van der Waals surface area contributed by atoms with Gasteiger partial charge in [0.15, 0.2) is 0 Å². The zero-order chi connectivity index (χ0) is 20.0. The van der Waals surface area contributed by atoms with Crippen LogP contribution in [0.3, 0.4) is 0 Å². The van der Waals surface area contributed by atoms with Gasteiger partial charge in [-0.1, -0.05) is 51.9 Å². The first-order chi connectivity index (χ1) is 13.7. The molecule has 2 aromatic carbocycles. The molecule has 0 aliphatic heterocycles. The van der Waals surface area contributed by atoms with Gasteiger partial charge in [0.25, 0.3) is 5.91 Å². The summed E-state index contributed by atoms with van der Waals surface area (Å²) >= 11 is 0. The molecular formula is C20H23NO5S2. The van der Waals surface area contributed by atoms with Crippen LogP contribution in [-0.2, 0) is 4.79 Å². The molecule has 0 radical (unpaired) electrons. The lowest BCUT2D eigenvalue weighted by Crippen LogP contribution is -2.26. The van der Waals surface area contributed by atoms with Crippen LogP contribution in [-0.4, -0.2) is 48.2 Å². The average molecular weight is 422 g/mol.